The summed E-state index contributed by atoms with van der Waals surface area (Å²) in [7, 11) is -3.52. The molecule has 5 aliphatic rings. The van der Waals surface area contributed by atoms with Crippen molar-refractivity contribution >= 4 is 93.4 Å². The first-order chi connectivity index (χ1) is 43.2. The van der Waals surface area contributed by atoms with E-state index < -0.39 is 53.9 Å². The third kappa shape index (κ3) is 15.3. The van der Waals surface area contributed by atoms with Crippen LogP contribution in [-0.2, 0) is 9.47 Å². The Morgan fingerprint density at radius 2 is 0.457 bits per heavy atom. The van der Waals surface area contributed by atoms with Crippen LogP contribution in [0.2, 0.25) is 52.4 Å². The molecule has 5 saturated heterocycles. The second kappa shape index (κ2) is 31.7. The molecule has 14 heteroatoms. The molecule has 2 spiro atoms. The molecule has 0 amide bonds. The summed E-state index contributed by atoms with van der Waals surface area (Å²) in [5.74, 6) is 3.46. The van der Waals surface area contributed by atoms with E-state index in [1.165, 1.54) is 36.8 Å². The fraction of sp³-hybridized carbons (Fsp3) is 0.538. The predicted molar refractivity (Wildman–Crippen MR) is 427 cm³/mol. The molecule has 5 fully saturated rings. The van der Waals surface area contributed by atoms with Gasteiger partial charge in [0.1, 0.15) is 0 Å². The van der Waals surface area contributed by atoms with Crippen LogP contribution in [0.1, 0.15) is 239 Å². The summed E-state index contributed by atoms with van der Waals surface area (Å²) < 4.78 is 23.7. The van der Waals surface area contributed by atoms with E-state index in [-0.39, 0.29) is 0 Å². The molecule has 6 aromatic rings. The van der Waals surface area contributed by atoms with Gasteiger partial charge in [0.2, 0.25) is 0 Å². The van der Waals surface area contributed by atoms with Crippen LogP contribution in [0.15, 0.2) is 133 Å². The van der Waals surface area contributed by atoms with Gasteiger partial charge in [0.05, 0.1) is 0 Å². The number of hydrogen-bond acceptors (Lipinski definition) is 8. The number of para-hydroxylation sites is 4. The average Bonchev–Trinajstić information content (AvgIpc) is 1.45. The second-order valence-corrected chi connectivity index (χ2v) is 103. The molecule has 5 aliphatic heterocycles. The van der Waals surface area contributed by atoms with Crippen LogP contribution in [0.5, 0.6) is 0 Å². The Labute approximate surface area is 577 Å². The largest absolute Gasteiger partial charge is 0.0622 e. The molecule has 6 aromatic carbocycles. The summed E-state index contributed by atoms with van der Waals surface area (Å²) in [6.07, 6.45) is 5.11. The summed E-state index contributed by atoms with van der Waals surface area (Å²) in [6.45, 7) is 70.7. The maximum atomic E-state index is 4.94. The van der Waals surface area contributed by atoms with Gasteiger partial charge in [-0.15, -0.1) is 0 Å². The van der Waals surface area contributed by atoms with Gasteiger partial charge in [-0.3, -0.25) is 0 Å². The van der Waals surface area contributed by atoms with Crippen LogP contribution < -0.4 is 14.1 Å². The van der Waals surface area contributed by atoms with E-state index in [0.29, 0.717) is 47.3 Å². The van der Waals surface area contributed by atoms with Crippen molar-refractivity contribution in [1.82, 2.24) is 0 Å². The molecule has 0 bridgehead atoms. The third-order valence-electron chi connectivity index (χ3n) is 20.7. The summed E-state index contributed by atoms with van der Waals surface area (Å²) in [4.78, 5) is 0. The SMILES string of the molecule is C1CCOC1.C1CCOC1.CC(C)c1cccc(C(C)C)c1[N]1[Si](C)(C)[Si](C)(C)[N](c2c(C(C)C)cccc2C(C)C)[Ge]12[S][Ge]1([S]2)[N](c2c(C(C)C)cccc2C(C)C)[Si](C)(C)[Si](C)(C)[N]1c1c(C(C)C)cccc1C(C)C.Cc1ccccc1.Cc1ccccc1. The van der Waals surface area contributed by atoms with Crippen LogP contribution in [0.3, 0.4) is 0 Å². The van der Waals surface area contributed by atoms with Crippen molar-refractivity contribution in [3.8, 4) is 0 Å². The molecular weight excluding hydrogens is 1350 g/mol. The molecule has 0 aromatic heterocycles. The van der Waals surface area contributed by atoms with Crippen LogP contribution in [-0.4, -0.2) is 80.3 Å². The van der Waals surface area contributed by atoms with Gasteiger partial charge in [-0.05, 0) is 39.5 Å². The van der Waals surface area contributed by atoms with Gasteiger partial charge in [-0.1, -0.05) is 71.8 Å². The fourth-order valence-electron chi connectivity index (χ4n) is 14.3. The van der Waals surface area contributed by atoms with Gasteiger partial charge >= 0.3 is 435 Å². The van der Waals surface area contributed by atoms with E-state index >= 15 is 0 Å². The number of benzene rings is 6. The molecule has 0 saturated carbocycles. The number of anilines is 4. The fourth-order valence-corrected chi connectivity index (χ4v) is 248. The smallest absolute Gasteiger partial charge is 0.0398 e. The average molecular weight is 1470 g/mol. The molecule has 6 nitrogen and oxygen atoms in total. The summed E-state index contributed by atoms with van der Waals surface area (Å²) in [5, 5.41) is 0. The third-order valence-corrected chi connectivity index (χ3v) is 170. The molecule has 504 valence electrons. The van der Waals surface area contributed by atoms with E-state index in [4.69, 9.17) is 9.47 Å². The van der Waals surface area contributed by atoms with Crippen LogP contribution >= 0.6 is 16.8 Å². The van der Waals surface area contributed by atoms with E-state index in [1.807, 2.05) is 36.4 Å². The van der Waals surface area contributed by atoms with Crippen LogP contribution in [0, 0.1) is 13.8 Å². The van der Waals surface area contributed by atoms with Crippen LogP contribution in [0.4, 0.5) is 22.7 Å². The van der Waals surface area contributed by atoms with Crippen molar-refractivity contribution in [1.29, 1.82) is 0 Å². The Kier molecular flexibility index (Phi) is 26.4. The zero-order valence-electron chi connectivity index (χ0n) is 62.4. The molecular formula is C78H124Ge2N4O2S2Si4. The van der Waals surface area contributed by atoms with E-state index in [1.54, 1.807) is 67.3 Å². The maximum absolute atomic E-state index is 4.94. The van der Waals surface area contributed by atoms with Gasteiger partial charge < -0.3 is 9.47 Å². The van der Waals surface area contributed by atoms with Gasteiger partial charge in [0, 0.05) is 26.4 Å². The van der Waals surface area contributed by atoms with Crippen molar-refractivity contribution in [3.05, 3.63) is 189 Å². The number of hydrogen-bond donors (Lipinski definition) is 0. The van der Waals surface area contributed by atoms with Crippen molar-refractivity contribution in [3.63, 3.8) is 0 Å². The first-order valence-electron chi connectivity index (χ1n) is 35.5. The topological polar surface area (TPSA) is 31.4 Å². The first kappa shape index (κ1) is 76.5. The van der Waals surface area contributed by atoms with E-state index in [0.717, 1.165) is 26.4 Å². The van der Waals surface area contributed by atoms with Crippen molar-refractivity contribution in [2.75, 3.05) is 40.5 Å². The molecule has 0 unspecified atom stereocenters. The molecule has 5 heterocycles. The minimum absolute atomic E-state index is 0.432. The Bertz CT molecular complexity index is 2840. The zero-order chi connectivity index (χ0) is 68.1. The maximum Gasteiger partial charge on any atom is -0.0398 e. The minimum Gasteiger partial charge on any atom is -0.0622 e. The van der Waals surface area contributed by atoms with Gasteiger partial charge in [0.25, 0.3) is 0 Å². The minimum atomic E-state index is -3.69. The van der Waals surface area contributed by atoms with Gasteiger partial charge in [-0.25, -0.2) is 0 Å². The Morgan fingerprint density at radius 1 is 0.283 bits per heavy atom. The van der Waals surface area contributed by atoms with Gasteiger partial charge in [0.15, 0.2) is 0 Å². The Morgan fingerprint density at radius 3 is 0.576 bits per heavy atom. The number of nitrogens with zero attached hydrogens (tertiary/aromatic N) is 4. The second-order valence-electron chi connectivity index (χ2n) is 31.2. The normalized spacial score (nSPS) is 18.8. The van der Waals surface area contributed by atoms with Crippen molar-refractivity contribution < 1.29 is 9.47 Å². The van der Waals surface area contributed by atoms with Crippen molar-refractivity contribution in [2.45, 2.75) is 250 Å². The monoisotopic (exact) mass is 1470 g/mol. The molecule has 92 heavy (non-hydrogen) atoms. The molecule has 0 aliphatic carbocycles. The standard InChI is InChI=1S/C56H92Ge2N4S2Si4.2C7H8.2C4H8O/c1-37(2)45-29-25-30-46(38(3)4)53(45)59-57(60(66(19,20)65(59,17)18)54-47(39(5)6)31-26-32-48(54)40(7)8)63-58(64-57)61(55-49(41(9)10)33-27-34-50(55)42(11)12)67(21,22)68(23,24)62(58)56-51(43(13)14)35-28-36-52(56)44(15)16;2*1-7-5-3-2-4-6-7;2*1-2-4-5-3-1/h25-44H,1-24H3;2*2-6H,1H3;2*1-4H2. The number of rotatable bonds is 12. The van der Waals surface area contributed by atoms with E-state index in [9.17, 15) is 0 Å². The van der Waals surface area contributed by atoms with Crippen LogP contribution in [0.25, 0.3) is 0 Å². The van der Waals surface area contributed by atoms with Gasteiger partial charge in [-0.2, -0.15) is 0 Å². The number of aryl methyl sites for hydroxylation is 2. The predicted octanol–water partition coefficient (Wildman–Crippen LogP) is 23.9. The molecule has 11 rings (SSSR count). The van der Waals surface area contributed by atoms with E-state index in [2.05, 4.69) is 305 Å². The quantitative estimate of drug-likeness (QED) is 0.112. The molecule has 0 atom stereocenters. The summed E-state index contributed by atoms with van der Waals surface area (Å²) in [6, 6.07) is 50.5. The molecule has 0 radical (unpaired) electrons. The number of ether oxygens (including phenoxy) is 2. The molecule has 0 N–H and O–H groups in total. The summed E-state index contributed by atoms with van der Waals surface area (Å²) >= 11 is -7.39. The summed E-state index contributed by atoms with van der Waals surface area (Å²) in [5.41, 5.74) is 21.9. The first-order valence-corrected chi connectivity index (χ1v) is 65.0. The van der Waals surface area contributed by atoms with Crippen molar-refractivity contribution in [2.24, 2.45) is 0 Å². The Hall–Kier alpha value is -2.91. The zero-order valence-corrected chi connectivity index (χ0v) is 72.2. The Balaban J connectivity index is 0.000000412.